The second-order valence-corrected chi connectivity index (χ2v) is 5.34. The average molecular weight is 272 g/mol. The molecule has 0 saturated carbocycles. The molecule has 106 valence electrons. The van der Waals surface area contributed by atoms with Gasteiger partial charge in [0.25, 0.3) is 0 Å². The molecule has 1 aliphatic heterocycles. The summed E-state index contributed by atoms with van der Waals surface area (Å²) in [5.41, 5.74) is 4.04. The zero-order valence-corrected chi connectivity index (χ0v) is 12.0. The number of rotatable bonds is 2. The highest BCUT2D eigenvalue weighted by atomic mass is 16.2. The molecule has 0 radical (unpaired) electrons. The molecule has 1 fully saturated rings. The molecule has 1 saturated heterocycles. The number of imidazole rings is 1. The second kappa shape index (κ2) is 5.25. The Labute approximate surface area is 118 Å². The molecule has 1 N–H and O–H groups in total. The first-order valence-corrected chi connectivity index (χ1v) is 7.08. The third-order valence-electron chi connectivity index (χ3n) is 3.93. The van der Waals surface area contributed by atoms with E-state index in [2.05, 4.69) is 10.3 Å². The molecule has 1 aliphatic rings. The maximum absolute atomic E-state index is 12.4. The lowest BCUT2D eigenvalue weighted by Crippen LogP contribution is -2.47. The van der Waals surface area contributed by atoms with Gasteiger partial charge in [0.2, 0.25) is 5.91 Å². The van der Waals surface area contributed by atoms with Crippen molar-refractivity contribution in [2.75, 3.05) is 26.2 Å². The van der Waals surface area contributed by atoms with Crippen LogP contribution in [0, 0.1) is 13.8 Å². The Bertz CT molecular complexity index is 641. The van der Waals surface area contributed by atoms with Crippen LogP contribution in [0.5, 0.6) is 0 Å². The van der Waals surface area contributed by atoms with Crippen LogP contribution in [0.2, 0.25) is 0 Å². The van der Waals surface area contributed by atoms with Gasteiger partial charge in [0.05, 0.1) is 17.8 Å². The zero-order chi connectivity index (χ0) is 14.1. The van der Waals surface area contributed by atoms with Crippen LogP contribution >= 0.6 is 0 Å². The predicted octanol–water partition coefficient (Wildman–Crippen LogP) is 0.925. The Kier molecular flexibility index (Phi) is 3.44. The van der Waals surface area contributed by atoms with Crippen LogP contribution in [-0.4, -0.2) is 46.4 Å². The number of hydrogen-bond acceptors (Lipinski definition) is 3. The first-order chi connectivity index (χ1) is 9.66. The van der Waals surface area contributed by atoms with Crippen molar-refractivity contribution < 1.29 is 4.79 Å². The first-order valence-electron chi connectivity index (χ1n) is 7.08. The van der Waals surface area contributed by atoms with Gasteiger partial charge >= 0.3 is 0 Å². The lowest BCUT2D eigenvalue weighted by Gasteiger charge is -2.27. The van der Waals surface area contributed by atoms with Crippen molar-refractivity contribution in [1.82, 2.24) is 19.6 Å². The van der Waals surface area contributed by atoms with E-state index in [0.29, 0.717) is 6.42 Å². The summed E-state index contributed by atoms with van der Waals surface area (Å²) in [6.07, 6.45) is 2.42. The molecule has 3 rings (SSSR count). The monoisotopic (exact) mass is 272 g/mol. The number of carbonyl (C=O) groups is 1. The molecule has 5 heteroatoms. The van der Waals surface area contributed by atoms with Gasteiger partial charge in [-0.2, -0.15) is 0 Å². The lowest BCUT2D eigenvalue weighted by molar-refractivity contribution is -0.131. The molecule has 0 aliphatic carbocycles. The minimum absolute atomic E-state index is 0.193. The van der Waals surface area contributed by atoms with E-state index in [1.165, 1.54) is 0 Å². The van der Waals surface area contributed by atoms with Crippen molar-refractivity contribution >= 4 is 11.6 Å². The molecule has 3 heterocycles. The largest absolute Gasteiger partial charge is 0.340 e. The molecule has 2 aromatic heterocycles. The number of carbonyl (C=O) groups excluding carboxylic acids is 1. The highest BCUT2D eigenvalue weighted by molar-refractivity contribution is 5.79. The van der Waals surface area contributed by atoms with Gasteiger partial charge in [-0.1, -0.05) is 6.07 Å². The third-order valence-corrected chi connectivity index (χ3v) is 3.93. The van der Waals surface area contributed by atoms with Crippen LogP contribution in [0.4, 0.5) is 0 Å². The van der Waals surface area contributed by atoms with E-state index >= 15 is 0 Å². The molecule has 0 unspecified atom stereocenters. The SMILES string of the molecule is Cc1nc2c(C)cccn2c1CC(=O)N1CCNCC1. The van der Waals surface area contributed by atoms with Gasteiger partial charge in [-0.25, -0.2) is 4.98 Å². The summed E-state index contributed by atoms with van der Waals surface area (Å²) in [7, 11) is 0. The van der Waals surface area contributed by atoms with Crippen LogP contribution in [0.25, 0.3) is 5.65 Å². The summed E-state index contributed by atoms with van der Waals surface area (Å²) in [6, 6.07) is 4.05. The number of hydrogen-bond donors (Lipinski definition) is 1. The Balaban J connectivity index is 1.88. The smallest absolute Gasteiger partial charge is 0.228 e. The molecule has 0 spiro atoms. The minimum atomic E-state index is 0.193. The Hall–Kier alpha value is -1.88. The maximum atomic E-state index is 12.4. The van der Waals surface area contributed by atoms with Crippen LogP contribution in [0.3, 0.4) is 0 Å². The highest BCUT2D eigenvalue weighted by Gasteiger charge is 2.19. The molecule has 20 heavy (non-hydrogen) atoms. The second-order valence-electron chi connectivity index (χ2n) is 5.34. The van der Waals surface area contributed by atoms with Gasteiger partial charge in [-0.3, -0.25) is 4.79 Å². The van der Waals surface area contributed by atoms with Gasteiger partial charge in [0.15, 0.2) is 0 Å². The fourth-order valence-corrected chi connectivity index (χ4v) is 2.75. The number of nitrogens with one attached hydrogen (secondary N) is 1. The van der Waals surface area contributed by atoms with Crippen LogP contribution in [0.15, 0.2) is 18.3 Å². The van der Waals surface area contributed by atoms with E-state index in [4.69, 9.17) is 0 Å². The molecule has 2 aromatic rings. The number of aryl methyl sites for hydroxylation is 2. The minimum Gasteiger partial charge on any atom is -0.340 e. The van der Waals surface area contributed by atoms with Crippen molar-refractivity contribution in [2.45, 2.75) is 20.3 Å². The molecule has 0 atom stereocenters. The number of aromatic nitrogens is 2. The average Bonchev–Trinajstić information content (AvgIpc) is 2.78. The van der Waals surface area contributed by atoms with Crippen LogP contribution < -0.4 is 5.32 Å². The van der Waals surface area contributed by atoms with E-state index in [1.54, 1.807) is 0 Å². The molecule has 1 amide bonds. The topological polar surface area (TPSA) is 49.6 Å². The number of amides is 1. The van der Waals surface area contributed by atoms with Crippen LogP contribution in [-0.2, 0) is 11.2 Å². The fraction of sp³-hybridized carbons (Fsp3) is 0.467. The summed E-state index contributed by atoms with van der Waals surface area (Å²) in [5.74, 6) is 0.193. The van der Waals surface area contributed by atoms with Gasteiger partial charge in [-0.15, -0.1) is 0 Å². The summed E-state index contributed by atoms with van der Waals surface area (Å²) in [4.78, 5) is 18.9. The van der Waals surface area contributed by atoms with Crippen molar-refractivity contribution in [3.63, 3.8) is 0 Å². The van der Waals surface area contributed by atoms with E-state index < -0.39 is 0 Å². The number of nitrogens with zero attached hydrogens (tertiary/aromatic N) is 3. The van der Waals surface area contributed by atoms with Gasteiger partial charge < -0.3 is 14.6 Å². The lowest BCUT2D eigenvalue weighted by atomic mass is 10.2. The molecule has 5 nitrogen and oxygen atoms in total. The maximum Gasteiger partial charge on any atom is 0.228 e. The van der Waals surface area contributed by atoms with Crippen molar-refractivity contribution in [3.05, 3.63) is 35.3 Å². The van der Waals surface area contributed by atoms with Gasteiger partial charge in [0, 0.05) is 32.4 Å². The number of fused-ring (bicyclic) bond motifs is 1. The van der Waals surface area contributed by atoms with E-state index in [-0.39, 0.29) is 5.91 Å². The van der Waals surface area contributed by atoms with Crippen molar-refractivity contribution in [1.29, 1.82) is 0 Å². The van der Waals surface area contributed by atoms with Crippen LogP contribution in [0.1, 0.15) is 17.0 Å². The fourth-order valence-electron chi connectivity index (χ4n) is 2.75. The summed E-state index contributed by atoms with van der Waals surface area (Å²) in [5, 5.41) is 3.27. The third kappa shape index (κ3) is 2.29. The highest BCUT2D eigenvalue weighted by Crippen LogP contribution is 2.16. The zero-order valence-electron chi connectivity index (χ0n) is 12.0. The number of pyridine rings is 1. The van der Waals surface area contributed by atoms with Crippen molar-refractivity contribution in [3.8, 4) is 0 Å². The van der Waals surface area contributed by atoms with Crippen molar-refractivity contribution in [2.24, 2.45) is 0 Å². The molecule has 0 aromatic carbocycles. The van der Waals surface area contributed by atoms with E-state index in [0.717, 1.165) is 48.8 Å². The predicted molar refractivity (Wildman–Crippen MR) is 77.8 cm³/mol. The summed E-state index contributed by atoms with van der Waals surface area (Å²) >= 11 is 0. The molecule has 0 bridgehead atoms. The standard InChI is InChI=1S/C15H20N4O/c1-11-4-3-7-19-13(12(2)17-15(11)19)10-14(20)18-8-5-16-6-9-18/h3-4,7,16H,5-6,8-10H2,1-2H3. The van der Waals surface area contributed by atoms with E-state index in [1.807, 2.05) is 41.5 Å². The normalized spacial score (nSPS) is 15.8. The Morgan fingerprint density at radius 3 is 2.85 bits per heavy atom. The summed E-state index contributed by atoms with van der Waals surface area (Å²) < 4.78 is 2.05. The Morgan fingerprint density at radius 1 is 1.35 bits per heavy atom. The van der Waals surface area contributed by atoms with Gasteiger partial charge in [0.1, 0.15) is 5.65 Å². The molecular formula is C15H20N4O. The van der Waals surface area contributed by atoms with Gasteiger partial charge in [-0.05, 0) is 25.5 Å². The number of piperazine rings is 1. The first kappa shape index (κ1) is 13.1. The summed E-state index contributed by atoms with van der Waals surface area (Å²) in [6.45, 7) is 7.39. The Morgan fingerprint density at radius 2 is 2.10 bits per heavy atom. The molecular weight excluding hydrogens is 252 g/mol. The quantitative estimate of drug-likeness (QED) is 0.884. The van der Waals surface area contributed by atoms with E-state index in [9.17, 15) is 4.79 Å².